The molecule has 2 N–H and O–H groups in total. The second-order valence-electron chi connectivity index (χ2n) is 2.72. The smallest absolute Gasteiger partial charge is 0.211 e. The van der Waals surface area contributed by atoms with E-state index in [-0.39, 0.29) is 12.1 Å². The van der Waals surface area contributed by atoms with Crippen molar-refractivity contribution in [2.75, 3.05) is 6.54 Å². The van der Waals surface area contributed by atoms with Crippen LogP contribution in [0, 0.1) is 0 Å². The van der Waals surface area contributed by atoms with Crippen LogP contribution >= 0.6 is 0 Å². The fourth-order valence-electron chi connectivity index (χ4n) is 1.31. The van der Waals surface area contributed by atoms with Crippen molar-refractivity contribution in [1.82, 2.24) is 10.3 Å². The van der Waals surface area contributed by atoms with E-state index in [1.54, 1.807) is 12.5 Å². The van der Waals surface area contributed by atoms with E-state index in [0.29, 0.717) is 18.9 Å². The number of rotatable bonds is 1. The lowest BCUT2D eigenvalue weighted by Crippen LogP contribution is -2.14. The summed E-state index contributed by atoms with van der Waals surface area (Å²) in [5.41, 5.74) is 0. The number of hydrogen-bond donors (Lipinski definition) is 2. The molecule has 0 spiro atoms. The molecule has 4 heteroatoms. The number of oxazole rings is 1. The lowest BCUT2D eigenvalue weighted by atomic mass is 10.2. The Hall–Kier alpha value is -0.870. The van der Waals surface area contributed by atoms with Crippen LogP contribution in [-0.2, 0) is 0 Å². The van der Waals surface area contributed by atoms with Gasteiger partial charge in [-0.05, 0) is 6.42 Å². The number of aliphatic hydroxyl groups is 1. The summed E-state index contributed by atoms with van der Waals surface area (Å²) in [5.74, 6) is 0.668. The maximum atomic E-state index is 9.17. The number of β-amino-alcohol motifs (C(OH)–C–C–N with tert-alkyl or cyclic N) is 1. The second kappa shape index (κ2) is 2.64. The van der Waals surface area contributed by atoms with Crippen LogP contribution in [0.5, 0.6) is 0 Å². The third kappa shape index (κ3) is 1.27. The molecule has 1 saturated heterocycles. The van der Waals surface area contributed by atoms with Crippen molar-refractivity contribution >= 4 is 0 Å². The Morgan fingerprint density at radius 1 is 1.73 bits per heavy atom. The molecule has 0 radical (unpaired) electrons. The van der Waals surface area contributed by atoms with Gasteiger partial charge in [-0.15, -0.1) is 0 Å². The molecule has 2 rings (SSSR count). The van der Waals surface area contributed by atoms with E-state index in [2.05, 4.69) is 10.3 Å². The molecule has 2 heterocycles. The highest BCUT2D eigenvalue weighted by molar-refractivity contribution is 4.95. The molecular weight excluding hydrogens is 144 g/mol. The van der Waals surface area contributed by atoms with Gasteiger partial charge in [0.1, 0.15) is 6.26 Å². The maximum Gasteiger partial charge on any atom is 0.211 e. The number of hydrogen-bond acceptors (Lipinski definition) is 4. The van der Waals surface area contributed by atoms with E-state index in [4.69, 9.17) is 9.52 Å². The van der Waals surface area contributed by atoms with Crippen molar-refractivity contribution in [2.45, 2.75) is 18.6 Å². The van der Waals surface area contributed by atoms with Crippen LogP contribution in [0.1, 0.15) is 18.4 Å². The van der Waals surface area contributed by atoms with Gasteiger partial charge in [0.2, 0.25) is 5.89 Å². The highest BCUT2D eigenvalue weighted by Gasteiger charge is 2.26. The second-order valence-corrected chi connectivity index (χ2v) is 2.72. The summed E-state index contributed by atoms with van der Waals surface area (Å²) in [4.78, 5) is 3.99. The molecule has 2 atom stereocenters. The molecule has 1 aromatic heterocycles. The molecule has 0 aromatic carbocycles. The summed E-state index contributed by atoms with van der Waals surface area (Å²) in [5, 5.41) is 12.3. The molecule has 1 aromatic rings. The van der Waals surface area contributed by atoms with Crippen molar-refractivity contribution < 1.29 is 9.52 Å². The number of nitrogens with one attached hydrogen (secondary N) is 1. The SMILES string of the molecule is O[C@H]1CN[C@H](c2ncco2)C1. The Balaban J connectivity index is 2.08. The first-order valence-corrected chi connectivity index (χ1v) is 3.67. The van der Waals surface area contributed by atoms with Crippen LogP contribution in [0.2, 0.25) is 0 Å². The monoisotopic (exact) mass is 154 g/mol. The average molecular weight is 154 g/mol. The standard InChI is InChI=1S/C7H10N2O2/c10-5-3-6(9-4-5)7-8-1-2-11-7/h1-2,5-6,9-10H,3-4H2/t5-,6+/m1/s1. The van der Waals surface area contributed by atoms with Gasteiger partial charge in [-0.1, -0.05) is 0 Å². The molecule has 11 heavy (non-hydrogen) atoms. The average Bonchev–Trinajstić information content (AvgIpc) is 2.55. The minimum absolute atomic E-state index is 0.0972. The van der Waals surface area contributed by atoms with Crippen molar-refractivity contribution in [3.05, 3.63) is 18.4 Å². The molecule has 0 aliphatic carbocycles. The van der Waals surface area contributed by atoms with E-state index in [1.165, 1.54) is 0 Å². The van der Waals surface area contributed by atoms with Gasteiger partial charge in [0.05, 0.1) is 18.3 Å². The Bertz CT molecular complexity index is 222. The normalized spacial score (nSPS) is 31.0. The summed E-state index contributed by atoms with van der Waals surface area (Å²) in [6, 6.07) is 0.0972. The summed E-state index contributed by atoms with van der Waals surface area (Å²) in [6.45, 7) is 0.632. The lowest BCUT2D eigenvalue weighted by Gasteiger charge is -2.02. The number of aromatic nitrogens is 1. The van der Waals surface area contributed by atoms with E-state index in [9.17, 15) is 0 Å². The molecule has 60 valence electrons. The summed E-state index contributed by atoms with van der Waals surface area (Å²) in [6.07, 6.45) is 3.59. The Kier molecular flexibility index (Phi) is 1.63. The Labute approximate surface area is 64.2 Å². The van der Waals surface area contributed by atoms with E-state index < -0.39 is 0 Å². The van der Waals surface area contributed by atoms with Crippen LogP contribution in [0.25, 0.3) is 0 Å². The van der Waals surface area contributed by atoms with Crippen LogP contribution in [0.15, 0.2) is 16.9 Å². The van der Waals surface area contributed by atoms with Crippen LogP contribution in [-0.4, -0.2) is 22.7 Å². The van der Waals surface area contributed by atoms with Crippen LogP contribution < -0.4 is 5.32 Å². The maximum absolute atomic E-state index is 9.17. The van der Waals surface area contributed by atoms with Gasteiger partial charge in [-0.2, -0.15) is 0 Å². The van der Waals surface area contributed by atoms with Gasteiger partial charge >= 0.3 is 0 Å². The zero-order valence-electron chi connectivity index (χ0n) is 6.03. The van der Waals surface area contributed by atoms with Crippen molar-refractivity contribution in [3.63, 3.8) is 0 Å². The summed E-state index contributed by atoms with van der Waals surface area (Å²) < 4.78 is 5.08. The third-order valence-electron chi connectivity index (χ3n) is 1.86. The summed E-state index contributed by atoms with van der Waals surface area (Å²) >= 11 is 0. The first-order chi connectivity index (χ1) is 5.36. The molecular formula is C7H10N2O2. The largest absolute Gasteiger partial charge is 0.447 e. The van der Waals surface area contributed by atoms with Gasteiger partial charge in [0.15, 0.2) is 0 Å². The predicted octanol–water partition coefficient (Wildman–Crippen LogP) is 0.0699. The first kappa shape index (κ1) is 6.82. The first-order valence-electron chi connectivity index (χ1n) is 3.67. The molecule has 1 fully saturated rings. The minimum Gasteiger partial charge on any atom is -0.447 e. The Morgan fingerprint density at radius 2 is 2.64 bits per heavy atom. The molecule has 0 bridgehead atoms. The molecule has 1 aliphatic rings. The Morgan fingerprint density at radius 3 is 3.18 bits per heavy atom. The number of aliphatic hydroxyl groups excluding tert-OH is 1. The lowest BCUT2D eigenvalue weighted by molar-refractivity contribution is 0.191. The van der Waals surface area contributed by atoms with Gasteiger partial charge in [0.25, 0.3) is 0 Å². The predicted molar refractivity (Wildman–Crippen MR) is 37.9 cm³/mol. The van der Waals surface area contributed by atoms with Crippen molar-refractivity contribution in [1.29, 1.82) is 0 Å². The van der Waals surface area contributed by atoms with E-state index in [0.717, 1.165) is 0 Å². The topological polar surface area (TPSA) is 58.3 Å². The third-order valence-corrected chi connectivity index (χ3v) is 1.86. The molecule has 0 unspecified atom stereocenters. The van der Waals surface area contributed by atoms with Gasteiger partial charge in [-0.3, -0.25) is 0 Å². The van der Waals surface area contributed by atoms with E-state index in [1.807, 2.05) is 0 Å². The van der Waals surface area contributed by atoms with Crippen molar-refractivity contribution in [3.8, 4) is 0 Å². The zero-order valence-corrected chi connectivity index (χ0v) is 6.03. The molecule has 1 aliphatic heterocycles. The van der Waals surface area contributed by atoms with Gasteiger partial charge in [-0.25, -0.2) is 4.98 Å². The summed E-state index contributed by atoms with van der Waals surface area (Å²) in [7, 11) is 0. The quantitative estimate of drug-likeness (QED) is 0.601. The molecule has 4 nitrogen and oxygen atoms in total. The number of nitrogens with zero attached hydrogens (tertiary/aromatic N) is 1. The highest BCUT2D eigenvalue weighted by atomic mass is 16.3. The van der Waals surface area contributed by atoms with Crippen molar-refractivity contribution in [2.24, 2.45) is 0 Å². The fourth-order valence-corrected chi connectivity index (χ4v) is 1.31. The van der Waals surface area contributed by atoms with Crippen LogP contribution in [0.3, 0.4) is 0 Å². The zero-order chi connectivity index (χ0) is 7.68. The molecule has 0 saturated carbocycles. The molecule has 0 amide bonds. The van der Waals surface area contributed by atoms with E-state index >= 15 is 0 Å². The minimum atomic E-state index is -0.258. The fraction of sp³-hybridized carbons (Fsp3) is 0.571. The highest BCUT2D eigenvalue weighted by Crippen LogP contribution is 2.21. The van der Waals surface area contributed by atoms with Crippen LogP contribution in [0.4, 0.5) is 0 Å². The van der Waals surface area contributed by atoms with Gasteiger partial charge in [0, 0.05) is 6.54 Å². The van der Waals surface area contributed by atoms with Gasteiger partial charge < -0.3 is 14.8 Å².